The maximum Gasteiger partial charge on any atom is 0.161 e. The molecule has 23 heavy (non-hydrogen) atoms. The molecule has 2 nitrogen and oxygen atoms in total. The van der Waals surface area contributed by atoms with Crippen LogP contribution in [0.5, 0.6) is 0 Å². The van der Waals surface area contributed by atoms with Crippen LogP contribution < -0.4 is 0 Å². The number of hydrogen-bond donors (Lipinski definition) is 0. The molecule has 2 aromatic rings. The largest absolute Gasteiger partial charge is 0.322 e. The molecule has 120 valence electrons. The summed E-state index contributed by atoms with van der Waals surface area (Å²) in [5.41, 5.74) is 2.50. The van der Waals surface area contributed by atoms with E-state index in [4.69, 9.17) is 12.2 Å². The smallest absolute Gasteiger partial charge is 0.161 e. The first kappa shape index (κ1) is 17.6. The summed E-state index contributed by atoms with van der Waals surface area (Å²) < 4.78 is 3.20. The van der Waals surface area contributed by atoms with Crippen LogP contribution in [0.15, 0.2) is 60.3 Å². The molecule has 0 radical (unpaired) electrons. The highest BCUT2D eigenvalue weighted by Crippen LogP contribution is 2.35. The summed E-state index contributed by atoms with van der Waals surface area (Å²) in [7, 11) is 0. The lowest BCUT2D eigenvalue weighted by atomic mass is 10.1. The lowest BCUT2D eigenvalue weighted by Crippen LogP contribution is -2.01. The second kappa shape index (κ2) is 8.75. The van der Waals surface area contributed by atoms with Crippen molar-refractivity contribution in [2.45, 2.75) is 32.7 Å². The van der Waals surface area contributed by atoms with Crippen molar-refractivity contribution in [1.82, 2.24) is 4.57 Å². The molecular formula is C19H22N2S2. The van der Waals surface area contributed by atoms with Crippen LogP contribution in [0.1, 0.15) is 31.1 Å². The summed E-state index contributed by atoms with van der Waals surface area (Å²) >= 11 is 7.34. The average molecular weight is 343 g/mol. The highest BCUT2D eigenvalue weighted by Gasteiger charge is 2.16. The molecule has 4 heteroatoms. The van der Waals surface area contributed by atoms with Gasteiger partial charge in [0.15, 0.2) is 3.95 Å². The van der Waals surface area contributed by atoms with Crippen LogP contribution in [0.25, 0.3) is 11.3 Å². The molecule has 0 saturated carbocycles. The van der Waals surface area contributed by atoms with Crippen molar-refractivity contribution in [1.29, 1.82) is 0 Å². The van der Waals surface area contributed by atoms with E-state index >= 15 is 0 Å². The number of allylic oxidation sites excluding steroid dienone is 2. The molecule has 0 aliphatic rings. The van der Waals surface area contributed by atoms with Gasteiger partial charge in [0.2, 0.25) is 0 Å². The third-order valence-corrected chi connectivity index (χ3v) is 5.14. The molecule has 0 atom stereocenters. The Balaban J connectivity index is 2.32. The molecule has 2 rings (SSSR count). The Morgan fingerprint density at radius 1 is 1.30 bits per heavy atom. The normalized spacial score (nSPS) is 11.8. The lowest BCUT2D eigenvalue weighted by Gasteiger charge is -2.12. The minimum Gasteiger partial charge on any atom is -0.322 e. The van der Waals surface area contributed by atoms with E-state index in [0.717, 1.165) is 16.9 Å². The quantitative estimate of drug-likeness (QED) is 0.430. The number of hydrogen-bond acceptors (Lipinski definition) is 3. The van der Waals surface area contributed by atoms with Crippen molar-refractivity contribution in [3.63, 3.8) is 0 Å². The predicted molar refractivity (Wildman–Crippen MR) is 105 cm³/mol. The molecule has 0 fully saturated rings. The molecule has 0 saturated heterocycles. The van der Waals surface area contributed by atoms with E-state index in [1.807, 2.05) is 12.3 Å². The van der Waals surface area contributed by atoms with Gasteiger partial charge in [0, 0.05) is 23.8 Å². The third kappa shape index (κ3) is 4.60. The van der Waals surface area contributed by atoms with Gasteiger partial charge in [-0.05, 0) is 30.1 Å². The van der Waals surface area contributed by atoms with E-state index in [9.17, 15) is 0 Å². The van der Waals surface area contributed by atoms with E-state index < -0.39 is 0 Å². The molecule has 0 bridgehead atoms. The lowest BCUT2D eigenvalue weighted by molar-refractivity contribution is 0.710. The van der Waals surface area contributed by atoms with Crippen LogP contribution in [-0.4, -0.2) is 10.8 Å². The maximum absolute atomic E-state index is 5.61. The van der Waals surface area contributed by atoms with Crippen molar-refractivity contribution in [2.24, 2.45) is 4.99 Å². The number of aliphatic imine (C=N–C) groups is 1. The summed E-state index contributed by atoms with van der Waals surface area (Å²) in [5, 5.41) is 0. The van der Waals surface area contributed by atoms with Gasteiger partial charge in [0.1, 0.15) is 0 Å². The third-order valence-electron chi connectivity index (χ3n) is 3.39. The number of nitrogens with zero attached hydrogens (tertiary/aromatic N) is 2. The first-order valence-corrected chi connectivity index (χ1v) is 8.95. The van der Waals surface area contributed by atoms with Crippen molar-refractivity contribution >= 4 is 29.8 Å². The van der Waals surface area contributed by atoms with Crippen LogP contribution in [-0.2, 0) is 6.54 Å². The van der Waals surface area contributed by atoms with Crippen LogP contribution in [0, 0.1) is 3.95 Å². The van der Waals surface area contributed by atoms with Crippen molar-refractivity contribution < 1.29 is 0 Å². The zero-order valence-corrected chi connectivity index (χ0v) is 15.2. The minimum absolute atomic E-state index is 0.464. The van der Waals surface area contributed by atoms with E-state index in [1.165, 1.54) is 16.1 Å². The van der Waals surface area contributed by atoms with Crippen LogP contribution >= 0.6 is 23.6 Å². The molecule has 0 N–H and O–H groups in total. The Bertz CT molecular complexity index is 749. The first-order valence-electron chi connectivity index (χ1n) is 7.73. The highest BCUT2D eigenvalue weighted by atomic mass is 32.1. The fourth-order valence-electron chi connectivity index (χ4n) is 2.36. The molecule has 0 spiro atoms. The summed E-state index contributed by atoms with van der Waals surface area (Å²) in [5.74, 6) is 0.464. The van der Waals surface area contributed by atoms with Gasteiger partial charge in [-0.25, -0.2) is 0 Å². The van der Waals surface area contributed by atoms with Gasteiger partial charge < -0.3 is 4.57 Å². The Morgan fingerprint density at radius 2 is 2.04 bits per heavy atom. The van der Waals surface area contributed by atoms with Gasteiger partial charge in [0.05, 0.1) is 5.69 Å². The molecule has 1 aromatic carbocycles. The zero-order valence-electron chi connectivity index (χ0n) is 13.6. The van der Waals surface area contributed by atoms with Gasteiger partial charge in [-0.3, -0.25) is 4.99 Å². The van der Waals surface area contributed by atoms with Gasteiger partial charge in [-0.2, -0.15) is 0 Å². The van der Waals surface area contributed by atoms with Crippen molar-refractivity contribution in [3.05, 3.63) is 64.1 Å². The standard InChI is InChI=1S/C19H22N2S2/c1-4-12-20-13-8-9-14-21-17(16-10-6-5-7-11-16)18(15(2)3)23-19(21)22/h4-8,10-13,15H,1,9,14H2,2-3H3/b13-8-,20-12?. The van der Waals surface area contributed by atoms with Gasteiger partial charge in [-0.1, -0.05) is 62.9 Å². The molecule has 0 amide bonds. The van der Waals surface area contributed by atoms with Crippen molar-refractivity contribution in [3.8, 4) is 11.3 Å². The van der Waals surface area contributed by atoms with Gasteiger partial charge in [0.25, 0.3) is 0 Å². The molecular weight excluding hydrogens is 320 g/mol. The molecule has 0 unspecified atom stereocenters. The molecule has 1 heterocycles. The Labute approximate surface area is 147 Å². The topological polar surface area (TPSA) is 17.3 Å². The Morgan fingerprint density at radius 3 is 2.70 bits per heavy atom. The van der Waals surface area contributed by atoms with Gasteiger partial charge in [-0.15, -0.1) is 11.3 Å². The van der Waals surface area contributed by atoms with E-state index in [2.05, 4.69) is 60.3 Å². The van der Waals surface area contributed by atoms with Crippen LogP contribution in [0.4, 0.5) is 0 Å². The van der Waals surface area contributed by atoms with Crippen molar-refractivity contribution in [2.75, 3.05) is 0 Å². The number of aromatic nitrogens is 1. The van der Waals surface area contributed by atoms with E-state index in [-0.39, 0.29) is 0 Å². The number of benzene rings is 1. The van der Waals surface area contributed by atoms with E-state index in [0.29, 0.717) is 5.92 Å². The van der Waals surface area contributed by atoms with Gasteiger partial charge >= 0.3 is 0 Å². The fraction of sp³-hybridized carbons (Fsp3) is 0.263. The summed E-state index contributed by atoms with van der Waals surface area (Å²) in [6.07, 6.45) is 8.12. The van der Waals surface area contributed by atoms with Crippen LogP contribution in [0.3, 0.4) is 0 Å². The predicted octanol–water partition coefficient (Wildman–Crippen LogP) is 6.23. The zero-order chi connectivity index (χ0) is 16.7. The summed E-state index contributed by atoms with van der Waals surface area (Å²) in [6.45, 7) is 8.92. The minimum atomic E-state index is 0.464. The SMILES string of the molecule is C=CC=N/C=C\CCn1c(-c2ccccc2)c(C(C)C)sc1=S. The summed E-state index contributed by atoms with van der Waals surface area (Å²) in [4.78, 5) is 5.46. The molecule has 1 aromatic heterocycles. The second-order valence-corrected chi connectivity index (χ2v) is 7.14. The fourth-order valence-corrected chi connectivity index (χ4v) is 3.85. The highest BCUT2D eigenvalue weighted by molar-refractivity contribution is 7.73. The second-order valence-electron chi connectivity index (χ2n) is 5.46. The number of rotatable bonds is 7. The Kier molecular flexibility index (Phi) is 6.68. The molecule has 0 aliphatic carbocycles. The maximum atomic E-state index is 5.61. The van der Waals surface area contributed by atoms with E-state index in [1.54, 1.807) is 23.6 Å². The number of thiazole rings is 1. The molecule has 0 aliphatic heterocycles. The van der Waals surface area contributed by atoms with Crippen LogP contribution in [0.2, 0.25) is 0 Å². The average Bonchev–Trinajstić information content (AvgIpc) is 2.89. The Hall–Kier alpha value is -1.78. The summed E-state index contributed by atoms with van der Waals surface area (Å²) in [6, 6.07) is 10.5. The monoisotopic (exact) mass is 342 g/mol. The first-order chi connectivity index (χ1) is 11.1.